The van der Waals surface area contributed by atoms with Gasteiger partial charge < -0.3 is 19.9 Å². The second-order valence-corrected chi connectivity index (χ2v) is 8.48. The third kappa shape index (κ3) is 5.08. The van der Waals surface area contributed by atoms with Crippen molar-refractivity contribution in [3.8, 4) is 0 Å². The van der Waals surface area contributed by atoms with Crippen LogP contribution in [0.2, 0.25) is 0 Å². The number of ether oxygens (including phenoxy) is 1. The van der Waals surface area contributed by atoms with Crippen LogP contribution in [-0.2, 0) is 9.53 Å². The first-order valence-corrected chi connectivity index (χ1v) is 10.5. The molecule has 29 heavy (non-hydrogen) atoms. The molecular weight excluding hydrogens is 409 g/mol. The van der Waals surface area contributed by atoms with E-state index in [9.17, 15) is 4.79 Å². The molecule has 1 amide bonds. The molecule has 0 unspecified atom stereocenters. The van der Waals surface area contributed by atoms with E-state index in [1.807, 2.05) is 0 Å². The van der Waals surface area contributed by atoms with Crippen LogP contribution >= 0.6 is 24.8 Å². The standard InChI is InChI=1S/C22H33N3O2.2ClH/c1-16-5-3-4-6-19(16)21-20-14-23-13-18(20)15-25(21)22(26)17-7-9-24(10-8-17)11-12-27-2;;/h3-6,17-18,20-21,23H,7-15H2,1-2H3;2*1H/t18-,20-,21+;;/m0../s1. The van der Waals surface area contributed by atoms with Crippen molar-refractivity contribution >= 4 is 30.7 Å². The Morgan fingerprint density at radius 2 is 1.90 bits per heavy atom. The van der Waals surface area contributed by atoms with Crippen LogP contribution in [0.4, 0.5) is 0 Å². The van der Waals surface area contributed by atoms with Crippen LogP contribution in [0.25, 0.3) is 0 Å². The van der Waals surface area contributed by atoms with Crippen molar-refractivity contribution in [1.29, 1.82) is 0 Å². The lowest BCUT2D eigenvalue weighted by molar-refractivity contribution is -0.138. The van der Waals surface area contributed by atoms with E-state index in [0.717, 1.165) is 58.7 Å². The fourth-order valence-electron chi connectivity index (χ4n) is 5.32. The predicted molar refractivity (Wildman–Crippen MR) is 121 cm³/mol. The SMILES string of the molecule is COCCN1CCC(C(=O)N2C[C@@H]3CNC[C@@H]3[C@H]2c2ccccc2C)CC1.Cl.Cl. The van der Waals surface area contributed by atoms with Crippen molar-refractivity contribution < 1.29 is 9.53 Å². The highest BCUT2D eigenvalue weighted by molar-refractivity contribution is 5.85. The van der Waals surface area contributed by atoms with E-state index in [1.54, 1.807) is 7.11 Å². The molecular formula is C22H35Cl2N3O2. The minimum atomic E-state index is 0. The number of carbonyl (C=O) groups is 1. The fourth-order valence-corrected chi connectivity index (χ4v) is 5.32. The number of piperidine rings is 1. The third-order valence-corrected chi connectivity index (χ3v) is 6.90. The van der Waals surface area contributed by atoms with Crippen molar-refractivity contribution in [2.45, 2.75) is 25.8 Å². The topological polar surface area (TPSA) is 44.8 Å². The number of halogens is 2. The highest BCUT2D eigenvalue weighted by Crippen LogP contribution is 2.44. The van der Waals surface area contributed by atoms with E-state index in [1.165, 1.54) is 11.1 Å². The summed E-state index contributed by atoms with van der Waals surface area (Å²) in [6, 6.07) is 8.87. The zero-order valence-corrected chi connectivity index (χ0v) is 19.1. The normalized spacial score (nSPS) is 27.2. The van der Waals surface area contributed by atoms with E-state index in [4.69, 9.17) is 4.74 Å². The van der Waals surface area contributed by atoms with Gasteiger partial charge in [-0.25, -0.2) is 0 Å². The molecule has 3 saturated heterocycles. The lowest BCUT2D eigenvalue weighted by Crippen LogP contribution is -2.44. The molecule has 3 heterocycles. The van der Waals surface area contributed by atoms with Crippen LogP contribution in [-0.4, -0.2) is 68.7 Å². The molecule has 0 saturated carbocycles. The highest BCUT2D eigenvalue weighted by atomic mass is 35.5. The van der Waals surface area contributed by atoms with Gasteiger partial charge in [0.2, 0.25) is 5.91 Å². The first kappa shape index (κ1) is 24.4. The smallest absolute Gasteiger partial charge is 0.226 e. The Morgan fingerprint density at radius 1 is 1.17 bits per heavy atom. The molecule has 7 heteroatoms. The number of nitrogens with one attached hydrogen (secondary N) is 1. The minimum Gasteiger partial charge on any atom is -0.383 e. The Labute approximate surface area is 187 Å². The first-order chi connectivity index (χ1) is 13.2. The van der Waals surface area contributed by atoms with Gasteiger partial charge in [0, 0.05) is 45.1 Å². The maximum atomic E-state index is 13.5. The van der Waals surface area contributed by atoms with Gasteiger partial charge in [-0.1, -0.05) is 24.3 Å². The van der Waals surface area contributed by atoms with Crippen LogP contribution in [0, 0.1) is 24.7 Å². The van der Waals surface area contributed by atoms with Crippen molar-refractivity contribution in [2.75, 3.05) is 53.0 Å². The van der Waals surface area contributed by atoms with Gasteiger partial charge in [0.25, 0.3) is 0 Å². The number of nitrogens with zero attached hydrogens (tertiary/aromatic N) is 2. The van der Waals surface area contributed by atoms with Crippen molar-refractivity contribution in [3.63, 3.8) is 0 Å². The molecule has 4 rings (SSSR count). The Morgan fingerprint density at radius 3 is 2.59 bits per heavy atom. The van der Waals surface area contributed by atoms with Crippen LogP contribution in [0.3, 0.4) is 0 Å². The predicted octanol–water partition coefficient (Wildman–Crippen LogP) is 2.92. The Balaban J connectivity index is 0.00000150. The lowest BCUT2D eigenvalue weighted by Gasteiger charge is -2.36. The summed E-state index contributed by atoms with van der Waals surface area (Å²) in [5.74, 6) is 1.73. The molecule has 3 atom stereocenters. The molecule has 0 spiro atoms. The first-order valence-electron chi connectivity index (χ1n) is 10.5. The van der Waals surface area contributed by atoms with E-state index in [-0.39, 0.29) is 36.8 Å². The van der Waals surface area contributed by atoms with Crippen LogP contribution in [0.15, 0.2) is 24.3 Å². The summed E-state index contributed by atoms with van der Waals surface area (Å²) < 4.78 is 5.19. The molecule has 0 radical (unpaired) electrons. The van der Waals surface area contributed by atoms with Gasteiger partial charge in [-0.05, 0) is 49.9 Å². The van der Waals surface area contributed by atoms with Gasteiger partial charge in [0.05, 0.1) is 12.6 Å². The number of hydrogen-bond acceptors (Lipinski definition) is 4. The zero-order valence-electron chi connectivity index (χ0n) is 17.5. The number of amides is 1. The van der Waals surface area contributed by atoms with E-state index in [0.29, 0.717) is 17.7 Å². The second kappa shape index (κ2) is 11.0. The van der Waals surface area contributed by atoms with Gasteiger partial charge in [0.15, 0.2) is 0 Å². The largest absolute Gasteiger partial charge is 0.383 e. The molecule has 0 aromatic heterocycles. The number of likely N-dealkylation sites (tertiary alicyclic amines) is 2. The molecule has 0 bridgehead atoms. The van der Waals surface area contributed by atoms with Crippen molar-refractivity contribution in [1.82, 2.24) is 15.1 Å². The van der Waals surface area contributed by atoms with Crippen LogP contribution in [0.1, 0.15) is 30.0 Å². The van der Waals surface area contributed by atoms with Gasteiger partial charge >= 0.3 is 0 Å². The molecule has 0 aliphatic carbocycles. The average molecular weight is 444 g/mol. The fraction of sp³-hybridized carbons (Fsp3) is 0.682. The Hall–Kier alpha value is -0.850. The van der Waals surface area contributed by atoms with Gasteiger partial charge in [0.1, 0.15) is 0 Å². The quantitative estimate of drug-likeness (QED) is 0.759. The van der Waals surface area contributed by atoms with Crippen LogP contribution in [0.5, 0.6) is 0 Å². The number of rotatable bonds is 5. The number of carbonyl (C=O) groups excluding carboxylic acids is 1. The highest BCUT2D eigenvalue weighted by Gasteiger charge is 2.48. The maximum absolute atomic E-state index is 13.5. The summed E-state index contributed by atoms with van der Waals surface area (Å²) in [7, 11) is 1.75. The number of benzene rings is 1. The van der Waals surface area contributed by atoms with Gasteiger partial charge in [-0.2, -0.15) is 0 Å². The average Bonchev–Trinajstić information content (AvgIpc) is 3.28. The number of fused-ring (bicyclic) bond motifs is 1. The molecule has 1 aromatic rings. The van der Waals surface area contributed by atoms with E-state index in [2.05, 4.69) is 46.3 Å². The van der Waals surface area contributed by atoms with Crippen molar-refractivity contribution in [2.24, 2.45) is 17.8 Å². The van der Waals surface area contributed by atoms with Crippen molar-refractivity contribution in [3.05, 3.63) is 35.4 Å². The summed E-state index contributed by atoms with van der Waals surface area (Å²) in [6.45, 7) is 8.95. The molecule has 3 aliphatic rings. The van der Waals surface area contributed by atoms with E-state index >= 15 is 0 Å². The number of hydrogen-bond donors (Lipinski definition) is 1. The Kier molecular flexibility index (Phi) is 9.23. The van der Waals surface area contributed by atoms with E-state index < -0.39 is 0 Å². The number of methoxy groups -OCH3 is 1. The third-order valence-electron chi connectivity index (χ3n) is 6.90. The molecule has 164 valence electrons. The van der Waals surface area contributed by atoms with Crippen LogP contribution < -0.4 is 5.32 Å². The Bertz CT molecular complexity index is 667. The summed E-state index contributed by atoms with van der Waals surface area (Å²) in [5, 5.41) is 3.55. The molecule has 5 nitrogen and oxygen atoms in total. The zero-order chi connectivity index (χ0) is 18.8. The minimum absolute atomic E-state index is 0. The maximum Gasteiger partial charge on any atom is 0.226 e. The monoisotopic (exact) mass is 443 g/mol. The summed E-state index contributed by atoms with van der Waals surface area (Å²) in [5.41, 5.74) is 2.65. The lowest BCUT2D eigenvalue weighted by atomic mass is 9.87. The molecule has 1 N–H and O–H groups in total. The molecule has 3 aliphatic heterocycles. The molecule has 3 fully saturated rings. The summed E-state index contributed by atoms with van der Waals surface area (Å²) in [4.78, 5) is 18.2. The summed E-state index contributed by atoms with van der Waals surface area (Å²) in [6.07, 6.45) is 1.96. The van der Waals surface area contributed by atoms with Gasteiger partial charge in [-0.3, -0.25) is 4.79 Å². The van der Waals surface area contributed by atoms with Gasteiger partial charge in [-0.15, -0.1) is 24.8 Å². The summed E-state index contributed by atoms with van der Waals surface area (Å²) >= 11 is 0. The number of aryl methyl sites for hydroxylation is 1. The second-order valence-electron chi connectivity index (χ2n) is 8.48. The molecule has 1 aromatic carbocycles.